The average molecular weight is 266 g/mol. The van der Waals surface area contributed by atoms with E-state index < -0.39 is 0 Å². The molecule has 0 spiro atoms. The first-order valence-electron chi connectivity index (χ1n) is 5.64. The van der Waals surface area contributed by atoms with Crippen molar-refractivity contribution in [2.24, 2.45) is 12.8 Å². The Morgan fingerprint density at radius 3 is 2.78 bits per heavy atom. The lowest BCUT2D eigenvalue weighted by molar-refractivity contribution is 0.623. The van der Waals surface area contributed by atoms with Crippen molar-refractivity contribution in [1.29, 1.82) is 0 Å². The van der Waals surface area contributed by atoms with Crippen LogP contribution in [0.1, 0.15) is 11.4 Å². The maximum Gasteiger partial charge on any atom is 0.195 e. The largest absolute Gasteiger partial charge is 0.330 e. The van der Waals surface area contributed by atoms with Gasteiger partial charge in [-0.15, -0.1) is 10.2 Å². The van der Waals surface area contributed by atoms with E-state index >= 15 is 0 Å². The molecule has 96 valence electrons. The van der Waals surface area contributed by atoms with Gasteiger partial charge >= 0.3 is 0 Å². The van der Waals surface area contributed by atoms with E-state index in [4.69, 9.17) is 5.73 Å². The Kier molecular flexibility index (Phi) is 3.98. The first-order chi connectivity index (χ1) is 8.61. The van der Waals surface area contributed by atoms with Gasteiger partial charge in [0, 0.05) is 11.9 Å². The Morgan fingerprint density at radius 1 is 1.39 bits per heavy atom. The summed E-state index contributed by atoms with van der Waals surface area (Å²) in [6.07, 6.45) is 0.650. The quantitative estimate of drug-likeness (QED) is 0.918. The summed E-state index contributed by atoms with van der Waals surface area (Å²) in [7, 11) is 1.91. The van der Waals surface area contributed by atoms with E-state index in [2.05, 4.69) is 10.2 Å². The van der Waals surface area contributed by atoms with Crippen molar-refractivity contribution in [3.05, 3.63) is 35.4 Å². The third kappa shape index (κ3) is 2.70. The van der Waals surface area contributed by atoms with Crippen molar-refractivity contribution in [1.82, 2.24) is 14.8 Å². The molecule has 2 aromatic rings. The maximum atomic E-state index is 13.2. The zero-order valence-corrected chi connectivity index (χ0v) is 11.2. The van der Waals surface area contributed by atoms with E-state index in [1.807, 2.05) is 18.5 Å². The molecule has 2 rings (SSSR count). The Balaban J connectivity index is 2.31. The highest BCUT2D eigenvalue weighted by Crippen LogP contribution is 2.29. The summed E-state index contributed by atoms with van der Waals surface area (Å²) in [5.74, 6) is 0.608. The fraction of sp³-hybridized carbons (Fsp3) is 0.333. The molecule has 0 saturated heterocycles. The number of hydrogen-bond donors (Lipinski definition) is 1. The van der Waals surface area contributed by atoms with Crippen molar-refractivity contribution in [2.45, 2.75) is 23.4 Å². The number of nitrogens with zero attached hydrogens (tertiary/aromatic N) is 3. The molecule has 0 unspecified atom stereocenters. The summed E-state index contributed by atoms with van der Waals surface area (Å²) < 4.78 is 15.1. The van der Waals surface area contributed by atoms with E-state index in [-0.39, 0.29) is 5.82 Å². The predicted molar refractivity (Wildman–Crippen MR) is 69.0 cm³/mol. The molecular formula is C12H15FN4S. The van der Waals surface area contributed by atoms with Gasteiger partial charge in [-0.05, 0) is 55.4 Å². The Bertz CT molecular complexity index is 553. The minimum atomic E-state index is -0.239. The summed E-state index contributed by atoms with van der Waals surface area (Å²) >= 11 is 1.48. The van der Waals surface area contributed by atoms with Gasteiger partial charge in [-0.2, -0.15) is 0 Å². The monoisotopic (exact) mass is 266 g/mol. The summed E-state index contributed by atoms with van der Waals surface area (Å²) in [6.45, 7) is 2.39. The highest BCUT2D eigenvalue weighted by Gasteiger charge is 2.10. The second-order valence-electron chi connectivity index (χ2n) is 3.98. The van der Waals surface area contributed by atoms with Gasteiger partial charge in [0.2, 0.25) is 0 Å². The molecule has 0 aliphatic rings. The van der Waals surface area contributed by atoms with Crippen LogP contribution >= 0.6 is 11.8 Å². The Labute approximate surface area is 109 Å². The van der Waals surface area contributed by atoms with Crippen LogP contribution in [0.2, 0.25) is 0 Å². The number of aromatic nitrogens is 3. The number of aryl methyl sites for hydroxylation is 1. The lowest BCUT2D eigenvalue weighted by Crippen LogP contribution is -2.04. The SMILES string of the molecule is Cc1nnc(Sc2ccc(F)cc2CCN)n1C. The van der Waals surface area contributed by atoms with Crippen LogP contribution in [0.15, 0.2) is 28.3 Å². The lowest BCUT2D eigenvalue weighted by atomic mass is 10.1. The fourth-order valence-electron chi connectivity index (χ4n) is 1.57. The van der Waals surface area contributed by atoms with Crippen LogP contribution in [-0.2, 0) is 13.5 Å². The topological polar surface area (TPSA) is 56.7 Å². The Morgan fingerprint density at radius 2 is 2.17 bits per heavy atom. The molecule has 0 aliphatic heterocycles. The highest BCUT2D eigenvalue weighted by molar-refractivity contribution is 7.99. The number of halogens is 1. The molecule has 18 heavy (non-hydrogen) atoms. The molecule has 0 aliphatic carbocycles. The summed E-state index contributed by atoms with van der Waals surface area (Å²) in [5, 5.41) is 8.87. The second-order valence-corrected chi connectivity index (χ2v) is 4.99. The van der Waals surface area contributed by atoms with Gasteiger partial charge in [0.25, 0.3) is 0 Å². The Hall–Kier alpha value is -1.40. The summed E-state index contributed by atoms with van der Waals surface area (Å²) in [5.41, 5.74) is 6.45. The molecule has 0 saturated carbocycles. The van der Waals surface area contributed by atoms with E-state index in [0.717, 1.165) is 21.4 Å². The molecule has 0 fully saturated rings. The molecule has 1 aromatic heterocycles. The minimum Gasteiger partial charge on any atom is -0.330 e. The second kappa shape index (κ2) is 5.49. The molecule has 1 aromatic carbocycles. The molecule has 0 atom stereocenters. The van der Waals surface area contributed by atoms with Gasteiger partial charge in [-0.25, -0.2) is 4.39 Å². The minimum absolute atomic E-state index is 0.239. The van der Waals surface area contributed by atoms with Crippen molar-refractivity contribution >= 4 is 11.8 Å². The highest BCUT2D eigenvalue weighted by atomic mass is 32.2. The number of nitrogens with two attached hydrogens (primary N) is 1. The average Bonchev–Trinajstić information content (AvgIpc) is 2.65. The smallest absolute Gasteiger partial charge is 0.195 e. The zero-order chi connectivity index (χ0) is 13.1. The third-order valence-electron chi connectivity index (χ3n) is 2.69. The van der Waals surface area contributed by atoms with E-state index in [9.17, 15) is 4.39 Å². The third-order valence-corrected chi connectivity index (χ3v) is 3.85. The van der Waals surface area contributed by atoms with Gasteiger partial charge in [0.05, 0.1) is 0 Å². The first kappa shape index (κ1) is 13.0. The van der Waals surface area contributed by atoms with Crippen molar-refractivity contribution in [2.75, 3.05) is 6.54 Å². The van der Waals surface area contributed by atoms with Crippen LogP contribution < -0.4 is 5.73 Å². The standard InChI is InChI=1S/C12H15FN4S/c1-8-15-16-12(17(8)2)18-11-4-3-10(13)7-9(11)5-6-14/h3-4,7H,5-6,14H2,1-2H3. The molecule has 4 nitrogen and oxygen atoms in total. The van der Waals surface area contributed by atoms with E-state index in [1.165, 1.54) is 23.9 Å². The van der Waals surface area contributed by atoms with Gasteiger partial charge in [0.15, 0.2) is 5.16 Å². The van der Waals surface area contributed by atoms with Crippen LogP contribution in [-0.4, -0.2) is 21.3 Å². The van der Waals surface area contributed by atoms with Crippen molar-refractivity contribution in [3.8, 4) is 0 Å². The van der Waals surface area contributed by atoms with Crippen LogP contribution in [0, 0.1) is 12.7 Å². The van der Waals surface area contributed by atoms with Crippen molar-refractivity contribution < 1.29 is 4.39 Å². The van der Waals surface area contributed by atoms with Crippen LogP contribution in [0.25, 0.3) is 0 Å². The van der Waals surface area contributed by atoms with E-state index in [0.29, 0.717) is 13.0 Å². The lowest BCUT2D eigenvalue weighted by Gasteiger charge is -2.08. The predicted octanol–water partition coefficient (Wildman–Crippen LogP) is 1.92. The van der Waals surface area contributed by atoms with Gasteiger partial charge in [0.1, 0.15) is 11.6 Å². The molecule has 2 N–H and O–H groups in total. The molecule has 6 heteroatoms. The molecular weight excluding hydrogens is 251 g/mol. The molecule has 0 amide bonds. The van der Waals surface area contributed by atoms with Crippen LogP contribution in [0.3, 0.4) is 0 Å². The van der Waals surface area contributed by atoms with Crippen LogP contribution in [0.5, 0.6) is 0 Å². The normalized spacial score (nSPS) is 10.9. The van der Waals surface area contributed by atoms with E-state index in [1.54, 1.807) is 6.07 Å². The maximum absolute atomic E-state index is 13.2. The van der Waals surface area contributed by atoms with Crippen LogP contribution in [0.4, 0.5) is 4.39 Å². The van der Waals surface area contributed by atoms with Gasteiger partial charge < -0.3 is 10.3 Å². The molecule has 0 radical (unpaired) electrons. The summed E-state index contributed by atoms with van der Waals surface area (Å²) in [4.78, 5) is 0.970. The fourth-order valence-corrected chi connectivity index (χ4v) is 2.55. The van der Waals surface area contributed by atoms with Gasteiger partial charge in [-0.1, -0.05) is 0 Å². The number of benzene rings is 1. The summed E-state index contributed by atoms with van der Waals surface area (Å²) in [6, 6.07) is 4.74. The number of hydrogen-bond acceptors (Lipinski definition) is 4. The van der Waals surface area contributed by atoms with Gasteiger partial charge in [-0.3, -0.25) is 0 Å². The molecule has 0 bridgehead atoms. The first-order valence-corrected chi connectivity index (χ1v) is 6.46. The zero-order valence-electron chi connectivity index (χ0n) is 10.4. The molecule has 1 heterocycles. The van der Waals surface area contributed by atoms with Crippen molar-refractivity contribution in [3.63, 3.8) is 0 Å². The number of rotatable bonds is 4.